The van der Waals surface area contributed by atoms with Gasteiger partial charge in [-0.15, -0.1) is 6.58 Å². The highest BCUT2D eigenvalue weighted by Crippen LogP contribution is 2.26. The van der Waals surface area contributed by atoms with E-state index in [0.29, 0.717) is 6.54 Å². The molecule has 1 saturated heterocycles. The number of rotatable bonds is 5. The van der Waals surface area contributed by atoms with Crippen LogP contribution in [0.5, 0.6) is 0 Å². The first-order valence-electron chi connectivity index (χ1n) is 8.33. The van der Waals surface area contributed by atoms with Gasteiger partial charge in [-0.3, -0.25) is 4.79 Å². The van der Waals surface area contributed by atoms with Crippen LogP contribution in [-0.4, -0.2) is 35.1 Å². The number of anilines is 1. The Morgan fingerprint density at radius 2 is 2.13 bits per heavy atom. The van der Waals surface area contributed by atoms with Gasteiger partial charge < -0.3 is 14.8 Å². The fourth-order valence-electron chi connectivity index (χ4n) is 3.27. The lowest BCUT2D eigenvalue weighted by atomic mass is 9.96. The molecule has 0 radical (unpaired) electrons. The number of aryl methyl sites for hydroxylation is 1. The fraction of sp³-hybridized carbons (Fsp3) is 0.444. The summed E-state index contributed by atoms with van der Waals surface area (Å²) in [6.45, 7) is 8.97. The smallest absolute Gasteiger partial charge is 0.223 e. The van der Waals surface area contributed by atoms with E-state index in [4.69, 9.17) is 4.98 Å². The van der Waals surface area contributed by atoms with Gasteiger partial charge in [-0.1, -0.05) is 18.2 Å². The molecule has 0 atom stereocenters. The minimum Gasteiger partial charge on any atom is -0.352 e. The van der Waals surface area contributed by atoms with Crippen LogP contribution in [0, 0.1) is 5.92 Å². The Balaban J connectivity index is 1.73. The van der Waals surface area contributed by atoms with Crippen molar-refractivity contribution in [2.75, 3.05) is 24.5 Å². The minimum atomic E-state index is 0.102. The Hall–Kier alpha value is -2.30. The zero-order valence-corrected chi connectivity index (χ0v) is 13.7. The number of imidazole rings is 1. The molecule has 2 aromatic rings. The van der Waals surface area contributed by atoms with Crippen LogP contribution < -0.4 is 10.2 Å². The molecule has 1 aromatic heterocycles. The number of benzene rings is 1. The number of para-hydroxylation sites is 2. The van der Waals surface area contributed by atoms with Crippen molar-refractivity contribution in [1.29, 1.82) is 0 Å². The second-order valence-electron chi connectivity index (χ2n) is 5.94. The van der Waals surface area contributed by atoms with Crippen LogP contribution in [0.4, 0.5) is 5.95 Å². The van der Waals surface area contributed by atoms with E-state index in [1.54, 1.807) is 6.08 Å². The summed E-state index contributed by atoms with van der Waals surface area (Å²) < 4.78 is 2.26. The van der Waals surface area contributed by atoms with Crippen LogP contribution in [0.2, 0.25) is 0 Å². The quantitative estimate of drug-likeness (QED) is 0.863. The molecule has 1 aliphatic rings. The lowest BCUT2D eigenvalue weighted by molar-refractivity contribution is -0.125. The molecule has 3 rings (SSSR count). The van der Waals surface area contributed by atoms with E-state index >= 15 is 0 Å². The molecular weight excluding hydrogens is 288 g/mol. The van der Waals surface area contributed by atoms with Gasteiger partial charge in [-0.2, -0.15) is 0 Å². The molecule has 2 heterocycles. The molecule has 5 nitrogen and oxygen atoms in total. The van der Waals surface area contributed by atoms with Crippen molar-refractivity contribution in [3.05, 3.63) is 36.9 Å². The van der Waals surface area contributed by atoms with Crippen molar-refractivity contribution < 1.29 is 4.79 Å². The van der Waals surface area contributed by atoms with Crippen LogP contribution in [-0.2, 0) is 11.3 Å². The number of aromatic nitrogens is 2. The molecule has 1 aromatic carbocycles. The minimum absolute atomic E-state index is 0.102. The van der Waals surface area contributed by atoms with Crippen LogP contribution >= 0.6 is 0 Å². The number of amides is 1. The van der Waals surface area contributed by atoms with Gasteiger partial charge in [0, 0.05) is 32.1 Å². The highest BCUT2D eigenvalue weighted by Gasteiger charge is 2.27. The number of nitrogens with zero attached hydrogens (tertiary/aromatic N) is 3. The van der Waals surface area contributed by atoms with Crippen molar-refractivity contribution in [3.63, 3.8) is 0 Å². The third kappa shape index (κ3) is 3.09. The van der Waals surface area contributed by atoms with Crippen molar-refractivity contribution in [2.24, 2.45) is 5.92 Å². The van der Waals surface area contributed by atoms with Gasteiger partial charge in [-0.25, -0.2) is 4.98 Å². The molecule has 0 saturated carbocycles. The largest absolute Gasteiger partial charge is 0.352 e. The SMILES string of the molecule is C=CCNC(=O)C1CCN(c2nc3ccccc3n2CC)CC1. The van der Waals surface area contributed by atoms with Gasteiger partial charge >= 0.3 is 0 Å². The van der Waals surface area contributed by atoms with Crippen molar-refractivity contribution >= 4 is 22.9 Å². The van der Waals surface area contributed by atoms with Crippen LogP contribution in [0.25, 0.3) is 11.0 Å². The second kappa shape index (κ2) is 6.86. The van der Waals surface area contributed by atoms with E-state index in [0.717, 1.165) is 43.9 Å². The summed E-state index contributed by atoms with van der Waals surface area (Å²) in [7, 11) is 0. The van der Waals surface area contributed by atoms with E-state index in [1.165, 1.54) is 5.52 Å². The predicted octanol–water partition coefficient (Wildman–Crippen LogP) is 2.57. The number of fused-ring (bicyclic) bond motifs is 1. The third-order valence-corrected chi connectivity index (χ3v) is 4.52. The van der Waals surface area contributed by atoms with E-state index < -0.39 is 0 Å². The average Bonchev–Trinajstić information content (AvgIpc) is 2.98. The molecule has 1 aliphatic heterocycles. The number of carbonyl (C=O) groups excluding carboxylic acids is 1. The van der Waals surface area contributed by atoms with Crippen molar-refractivity contribution in [3.8, 4) is 0 Å². The molecule has 1 amide bonds. The number of hydrogen-bond donors (Lipinski definition) is 1. The van der Waals surface area contributed by atoms with E-state index in [-0.39, 0.29) is 11.8 Å². The van der Waals surface area contributed by atoms with E-state index in [2.05, 4.69) is 46.5 Å². The second-order valence-corrected chi connectivity index (χ2v) is 5.94. The maximum absolute atomic E-state index is 12.1. The first-order valence-corrected chi connectivity index (χ1v) is 8.33. The molecule has 23 heavy (non-hydrogen) atoms. The molecule has 0 unspecified atom stereocenters. The molecule has 1 fully saturated rings. The third-order valence-electron chi connectivity index (χ3n) is 4.52. The molecule has 122 valence electrons. The number of nitrogens with one attached hydrogen (secondary N) is 1. The molecule has 0 aliphatic carbocycles. The Bertz CT molecular complexity index is 698. The number of hydrogen-bond acceptors (Lipinski definition) is 3. The maximum atomic E-state index is 12.1. The van der Waals surface area contributed by atoms with Gasteiger partial charge in [0.25, 0.3) is 0 Å². The van der Waals surface area contributed by atoms with Gasteiger partial charge in [-0.05, 0) is 31.9 Å². The van der Waals surface area contributed by atoms with Gasteiger partial charge in [0.2, 0.25) is 11.9 Å². The standard InChI is InChI=1S/C18H24N4O/c1-3-11-19-17(23)14-9-12-21(13-10-14)18-20-15-7-5-6-8-16(15)22(18)4-2/h3,5-8,14H,1,4,9-13H2,2H3,(H,19,23). The summed E-state index contributed by atoms with van der Waals surface area (Å²) in [5.41, 5.74) is 2.21. The average molecular weight is 312 g/mol. The Labute approximate surface area is 137 Å². The highest BCUT2D eigenvalue weighted by molar-refractivity contribution is 5.80. The molecule has 5 heteroatoms. The van der Waals surface area contributed by atoms with E-state index in [1.807, 2.05) is 6.07 Å². The molecule has 1 N–H and O–H groups in total. The van der Waals surface area contributed by atoms with Crippen molar-refractivity contribution in [1.82, 2.24) is 14.9 Å². The molecule has 0 spiro atoms. The fourth-order valence-corrected chi connectivity index (χ4v) is 3.27. The first kappa shape index (κ1) is 15.6. The summed E-state index contributed by atoms with van der Waals surface area (Å²) in [5, 5.41) is 2.90. The molecule has 0 bridgehead atoms. The van der Waals surface area contributed by atoms with Crippen molar-refractivity contribution in [2.45, 2.75) is 26.3 Å². The lowest BCUT2D eigenvalue weighted by Crippen LogP contribution is -2.41. The Morgan fingerprint density at radius 3 is 2.83 bits per heavy atom. The van der Waals surface area contributed by atoms with Gasteiger partial charge in [0.15, 0.2) is 0 Å². The van der Waals surface area contributed by atoms with Crippen LogP contribution in [0.15, 0.2) is 36.9 Å². The zero-order chi connectivity index (χ0) is 16.2. The molecular formula is C18H24N4O. The first-order chi connectivity index (χ1) is 11.2. The zero-order valence-electron chi connectivity index (χ0n) is 13.7. The number of carbonyl (C=O) groups is 1. The van der Waals surface area contributed by atoms with E-state index in [9.17, 15) is 4.79 Å². The van der Waals surface area contributed by atoms with Gasteiger partial charge in [0.05, 0.1) is 11.0 Å². The monoisotopic (exact) mass is 312 g/mol. The Kier molecular flexibility index (Phi) is 4.65. The normalized spacial score (nSPS) is 15.8. The van der Waals surface area contributed by atoms with Gasteiger partial charge in [0.1, 0.15) is 0 Å². The Morgan fingerprint density at radius 1 is 1.39 bits per heavy atom. The topological polar surface area (TPSA) is 50.2 Å². The maximum Gasteiger partial charge on any atom is 0.223 e. The summed E-state index contributed by atoms with van der Waals surface area (Å²) in [5.74, 6) is 1.28. The summed E-state index contributed by atoms with van der Waals surface area (Å²) >= 11 is 0. The van der Waals surface area contributed by atoms with Crippen LogP contribution in [0.3, 0.4) is 0 Å². The summed E-state index contributed by atoms with van der Waals surface area (Å²) in [6, 6.07) is 8.25. The summed E-state index contributed by atoms with van der Waals surface area (Å²) in [6.07, 6.45) is 3.46. The van der Waals surface area contributed by atoms with Crippen LogP contribution in [0.1, 0.15) is 19.8 Å². The summed E-state index contributed by atoms with van der Waals surface area (Å²) in [4.78, 5) is 19.2. The number of piperidine rings is 1. The predicted molar refractivity (Wildman–Crippen MR) is 93.6 cm³/mol. The highest BCUT2D eigenvalue weighted by atomic mass is 16.1. The lowest BCUT2D eigenvalue weighted by Gasteiger charge is -2.32.